The van der Waals surface area contributed by atoms with Crippen LogP contribution in [0.25, 0.3) is 0 Å². The third kappa shape index (κ3) is 2.93. The van der Waals surface area contributed by atoms with E-state index >= 15 is 0 Å². The SMILES string of the molecule is CO[C@H]1C[C@H](c2nc(C)no2)N(C(=O)C2CC2c2ccccc2F)C1. The van der Waals surface area contributed by atoms with Gasteiger partial charge in [0.05, 0.1) is 6.10 Å². The van der Waals surface area contributed by atoms with Crippen LogP contribution in [0.5, 0.6) is 0 Å². The number of hydrogen-bond acceptors (Lipinski definition) is 5. The van der Waals surface area contributed by atoms with Gasteiger partial charge in [-0.15, -0.1) is 0 Å². The van der Waals surface area contributed by atoms with E-state index in [9.17, 15) is 9.18 Å². The highest BCUT2D eigenvalue weighted by atomic mass is 19.1. The summed E-state index contributed by atoms with van der Waals surface area (Å²) in [4.78, 5) is 19.0. The van der Waals surface area contributed by atoms with Crippen molar-refractivity contribution in [3.63, 3.8) is 0 Å². The summed E-state index contributed by atoms with van der Waals surface area (Å²) in [5.41, 5.74) is 0.619. The Labute approximate surface area is 145 Å². The highest BCUT2D eigenvalue weighted by Gasteiger charge is 2.50. The van der Waals surface area contributed by atoms with Crippen LogP contribution in [0.3, 0.4) is 0 Å². The zero-order valence-electron chi connectivity index (χ0n) is 14.2. The summed E-state index contributed by atoms with van der Waals surface area (Å²) in [5, 5.41) is 3.83. The van der Waals surface area contributed by atoms with Gasteiger partial charge >= 0.3 is 0 Å². The summed E-state index contributed by atoms with van der Waals surface area (Å²) in [5.74, 6) is 0.489. The van der Waals surface area contributed by atoms with Crippen LogP contribution in [0.2, 0.25) is 0 Å². The van der Waals surface area contributed by atoms with Gasteiger partial charge in [0, 0.05) is 26.0 Å². The predicted octanol–water partition coefficient (Wildman–Crippen LogP) is 2.61. The second-order valence-corrected chi connectivity index (χ2v) is 6.75. The average molecular weight is 345 g/mol. The number of aromatic nitrogens is 2. The molecule has 0 N–H and O–H groups in total. The molecule has 0 radical (unpaired) electrons. The molecular weight excluding hydrogens is 325 g/mol. The molecule has 4 rings (SSSR count). The summed E-state index contributed by atoms with van der Waals surface area (Å²) < 4.78 is 24.7. The van der Waals surface area contributed by atoms with Gasteiger partial charge in [-0.05, 0) is 30.9 Å². The van der Waals surface area contributed by atoms with Crippen LogP contribution in [0.4, 0.5) is 4.39 Å². The van der Waals surface area contributed by atoms with Gasteiger partial charge in [-0.2, -0.15) is 4.98 Å². The van der Waals surface area contributed by atoms with Gasteiger partial charge in [-0.3, -0.25) is 4.79 Å². The molecule has 132 valence electrons. The van der Waals surface area contributed by atoms with E-state index in [1.165, 1.54) is 6.07 Å². The minimum atomic E-state index is -0.277. The fraction of sp³-hybridized carbons (Fsp3) is 0.500. The quantitative estimate of drug-likeness (QED) is 0.852. The second-order valence-electron chi connectivity index (χ2n) is 6.75. The van der Waals surface area contributed by atoms with Crippen molar-refractivity contribution >= 4 is 5.91 Å². The molecule has 2 aliphatic rings. The van der Waals surface area contributed by atoms with E-state index < -0.39 is 0 Å². The average Bonchev–Trinajstić information content (AvgIpc) is 3.08. The summed E-state index contributed by atoms with van der Waals surface area (Å²) in [6.45, 7) is 2.24. The molecule has 25 heavy (non-hydrogen) atoms. The van der Waals surface area contributed by atoms with Crippen LogP contribution in [0.1, 0.15) is 42.1 Å². The Morgan fingerprint density at radius 2 is 2.16 bits per heavy atom. The Morgan fingerprint density at radius 3 is 2.84 bits per heavy atom. The zero-order valence-corrected chi connectivity index (χ0v) is 14.2. The highest BCUT2D eigenvalue weighted by Crippen LogP contribution is 2.50. The van der Waals surface area contributed by atoms with Gasteiger partial charge in [0.2, 0.25) is 11.8 Å². The van der Waals surface area contributed by atoms with Crippen molar-refractivity contribution < 1.29 is 18.4 Å². The topological polar surface area (TPSA) is 68.5 Å². The summed E-state index contributed by atoms with van der Waals surface area (Å²) in [6, 6.07) is 6.39. The summed E-state index contributed by atoms with van der Waals surface area (Å²) >= 11 is 0. The van der Waals surface area contributed by atoms with Gasteiger partial charge < -0.3 is 14.2 Å². The molecule has 1 amide bonds. The van der Waals surface area contributed by atoms with Crippen molar-refractivity contribution in [3.05, 3.63) is 47.4 Å². The number of amides is 1. The third-order valence-electron chi connectivity index (χ3n) is 5.12. The van der Waals surface area contributed by atoms with E-state index in [0.29, 0.717) is 36.7 Å². The number of aryl methyl sites for hydroxylation is 1. The monoisotopic (exact) mass is 345 g/mol. The smallest absolute Gasteiger partial charge is 0.249 e. The van der Waals surface area contributed by atoms with Gasteiger partial charge in [0.1, 0.15) is 11.9 Å². The Morgan fingerprint density at radius 1 is 1.36 bits per heavy atom. The second kappa shape index (κ2) is 6.22. The molecule has 0 bridgehead atoms. The van der Waals surface area contributed by atoms with E-state index in [4.69, 9.17) is 9.26 Å². The molecule has 1 aromatic carbocycles. The van der Waals surface area contributed by atoms with Crippen LogP contribution < -0.4 is 0 Å². The maximum atomic E-state index is 14.0. The standard InChI is InChI=1S/C18H20FN3O3/c1-10-20-17(25-21-10)16-7-11(24-2)9-22(16)18(23)14-8-13(14)12-5-3-4-6-15(12)19/h3-6,11,13-14,16H,7-9H2,1-2H3/t11-,13?,14?,16+/m0/s1. The molecule has 2 unspecified atom stereocenters. The van der Waals surface area contributed by atoms with Crippen molar-refractivity contribution in [2.75, 3.05) is 13.7 Å². The highest BCUT2D eigenvalue weighted by molar-refractivity contribution is 5.83. The number of carbonyl (C=O) groups is 1. The summed E-state index contributed by atoms with van der Waals surface area (Å²) in [6.07, 6.45) is 1.23. The van der Waals surface area contributed by atoms with Gasteiger partial charge in [-0.1, -0.05) is 23.4 Å². The number of nitrogens with zero attached hydrogens (tertiary/aromatic N) is 3. The van der Waals surface area contributed by atoms with E-state index in [-0.39, 0.29) is 35.7 Å². The van der Waals surface area contributed by atoms with Crippen LogP contribution in [0.15, 0.2) is 28.8 Å². The lowest BCUT2D eigenvalue weighted by atomic mass is 10.1. The molecule has 4 atom stereocenters. The van der Waals surface area contributed by atoms with E-state index in [1.807, 2.05) is 0 Å². The van der Waals surface area contributed by atoms with E-state index in [2.05, 4.69) is 10.1 Å². The molecule has 2 fully saturated rings. The number of ether oxygens (including phenoxy) is 1. The molecule has 2 heterocycles. The zero-order chi connectivity index (χ0) is 17.6. The maximum Gasteiger partial charge on any atom is 0.249 e. The first-order valence-electron chi connectivity index (χ1n) is 8.46. The van der Waals surface area contributed by atoms with Crippen molar-refractivity contribution in [3.8, 4) is 0 Å². The number of likely N-dealkylation sites (tertiary alicyclic amines) is 1. The predicted molar refractivity (Wildman–Crippen MR) is 86.2 cm³/mol. The van der Waals surface area contributed by atoms with Crippen LogP contribution in [-0.4, -0.2) is 40.7 Å². The first-order valence-corrected chi connectivity index (χ1v) is 8.46. The van der Waals surface area contributed by atoms with Gasteiger partial charge in [0.25, 0.3) is 0 Å². The molecule has 0 spiro atoms. The lowest BCUT2D eigenvalue weighted by Gasteiger charge is -2.22. The number of rotatable bonds is 4. The number of hydrogen-bond donors (Lipinski definition) is 0. The lowest BCUT2D eigenvalue weighted by Crippen LogP contribution is -2.33. The van der Waals surface area contributed by atoms with E-state index in [0.717, 1.165) is 0 Å². The molecule has 1 saturated carbocycles. The minimum absolute atomic E-state index is 0.00801. The molecular formula is C18H20FN3O3. The van der Waals surface area contributed by atoms with Crippen LogP contribution in [-0.2, 0) is 9.53 Å². The molecule has 2 aromatic rings. The molecule has 1 aliphatic carbocycles. The number of carbonyl (C=O) groups excluding carboxylic acids is 1. The largest absolute Gasteiger partial charge is 0.380 e. The molecule has 6 nitrogen and oxygen atoms in total. The fourth-order valence-electron chi connectivity index (χ4n) is 3.69. The maximum absolute atomic E-state index is 14.0. The van der Waals surface area contributed by atoms with Gasteiger partial charge in [-0.25, -0.2) is 4.39 Å². The number of halogens is 1. The van der Waals surface area contributed by atoms with Crippen molar-refractivity contribution in [2.45, 2.75) is 37.8 Å². The van der Waals surface area contributed by atoms with Crippen molar-refractivity contribution in [1.82, 2.24) is 15.0 Å². The first kappa shape index (κ1) is 16.2. The molecule has 7 heteroatoms. The first-order chi connectivity index (χ1) is 12.1. The van der Waals surface area contributed by atoms with Crippen molar-refractivity contribution in [2.24, 2.45) is 5.92 Å². The van der Waals surface area contributed by atoms with Crippen LogP contribution >= 0.6 is 0 Å². The minimum Gasteiger partial charge on any atom is -0.380 e. The summed E-state index contributed by atoms with van der Waals surface area (Å²) in [7, 11) is 1.63. The fourth-order valence-corrected chi connectivity index (χ4v) is 3.69. The lowest BCUT2D eigenvalue weighted by molar-refractivity contribution is -0.134. The molecule has 1 saturated heterocycles. The Balaban J connectivity index is 1.53. The molecule has 1 aliphatic heterocycles. The Kier molecular flexibility index (Phi) is 4.03. The van der Waals surface area contributed by atoms with Crippen molar-refractivity contribution in [1.29, 1.82) is 0 Å². The normalized spacial score (nSPS) is 28.4. The van der Waals surface area contributed by atoms with Gasteiger partial charge in [0.15, 0.2) is 5.82 Å². The Bertz CT molecular complexity index is 793. The van der Waals surface area contributed by atoms with Crippen LogP contribution in [0, 0.1) is 18.7 Å². The van der Waals surface area contributed by atoms with E-state index in [1.54, 1.807) is 37.1 Å². The molecule has 1 aromatic heterocycles. The Hall–Kier alpha value is -2.28. The number of methoxy groups -OCH3 is 1. The third-order valence-corrected chi connectivity index (χ3v) is 5.12. The number of benzene rings is 1.